The van der Waals surface area contributed by atoms with E-state index in [-0.39, 0.29) is 15.7 Å². The Bertz CT molecular complexity index is 1360. The van der Waals surface area contributed by atoms with E-state index in [0.29, 0.717) is 45.5 Å². The molecule has 2 aromatic heterocycles. The maximum atomic E-state index is 11.3. The van der Waals surface area contributed by atoms with Crippen molar-refractivity contribution in [3.63, 3.8) is 0 Å². The molecule has 0 fully saturated rings. The van der Waals surface area contributed by atoms with Crippen LogP contribution >= 0.6 is 23.2 Å². The Morgan fingerprint density at radius 3 is 2.32 bits per heavy atom. The number of para-hydroxylation sites is 2. The van der Waals surface area contributed by atoms with Crippen molar-refractivity contribution >= 4 is 40.4 Å². The van der Waals surface area contributed by atoms with Crippen LogP contribution in [-0.2, 0) is 0 Å². The van der Waals surface area contributed by atoms with Crippen LogP contribution in [0.4, 0.5) is 17.2 Å². The topological polar surface area (TPSA) is 112 Å². The number of anilines is 2. The number of ether oxygens (including phenoxy) is 2. The molecule has 11 heteroatoms. The zero-order valence-electron chi connectivity index (χ0n) is 18.0. The molecule has 4 aromatic rings. The van der Waals surface area contributed by atoms with E-state index in [2.05, 4.69) is 20.3 Å². The summed E-state index contributed by atoms with van der Waals surface area (Å²) >= 11 is 13.2. The number of methoxy groups -OCH3 is 2. The number of hydrogen-bond acceptors (Lipinski definition) is 8. The zero-order chi connectivity index (χ0) is 24.2. The van der Waals surface area contributed by atoms with Crippen LogP contribution in [0.2, 0.25) is 10.0 Å². The van der Waals surface area contributed by atoms with Gasteiger partial charge in [0.1, 0.15) is 29.3 Å². The van der Waals surface area contributed by atoms with E-state index < -0.39 is 4.92 Å². The van der Waals surface area contributed by atoms with E-state index in [9.17, 15) is 10.1 Å². The van der Waals surface area contributed by atoms with Gasteiger partial charge in [0.15, 0.2) is 0 Å². The molecular formula is C23H17Cl2N5O4. The standard InChI is InChI=1S/C23H17Cl2N5O4/c1-33-17-11-18(34-2)22(25)20(21(17)24)13-6-5-9-26-23(13)15-10-19(28-12-27-15)29-14-7-3-4-8-16(14)30(31)32/h3-12H,1-2H3,(H,27,28,29). The Morgan fingerprint density at radius 2 is 1.65 bits per heavy atom. The van der Waals surface area contributed by atoms with Gasteiger partial charge in [0.2, 0.25) is 0 Å². The highest BCUT2D eigenvalue weighted by molar-refractivity contribution is 6.41. The van der Waals surface area contributed by atoms with Gasteiger partial charge in [0, 0.05) is 35.5 Å². The molecule has 0 saturated heterocycles. The average Bonchev–Trinajstić information content (AvgIpc) is 2.85. The van der Waals surface area contributed by atoms with E-state index in [4.69, 9.17) is 32.7 Å². The Morgan fingerprint density at radius 1 is 0.941 bits per heavy atom. The van der Waals surface area contributed by atoms with Gasteiger partial charge in [-0.2, -0.15) is 0 Å². The Kier molecular flexibility index (Phi) is 6.76. The third-order valence-corrected chi connectivity index (χ3v) is 5.67. The average molecular weight is 498 g/mol. The molecule has 0 aliphatic carbocycles. The molecule has 0 radical (unpaired) electrons. The molecule has 9 nitrogen and oxygen atoms in total. The molecule has 0 spiro atoms. The predicted molar refractivity (Wildman–Crippen MR) is 130 cm³/mol. The van der Waals surface area contributed by atoms with Crippen molar-refractivity contribution in [1.82, 2.24) is 15.0 Å². The van der Waals surface area contributed by atoms with Crippen LogP contribution < -0.4 is 14.8 Å². The van der Waals surface area contributed by atoms with E-state index in [1.807, 2.05) is 0 Å². The van der Waals surface area contributed by atoms with Gasteiger partial charge in [-0.05, 0) is 12.1 Å². The SMILES string of the molecule is COc1cc(OC)c(Cl)c(-c2cccnc2-c2cc(Nc3ccccc3[N+](=O)[O-])ncn2)c1Cl. The first-order chi connectivity index (χ1) is 16.4. The highest BCUT2D eigenvalue weighted by Crippen LogP contribution is 2.47. The summed E-state index contributed by atoms with van der Waals surface area (Å²) < 4.78 is 10.8. The highest BCUT2D eigenvalue weighted by atomic mass is 35.5. The minimum Gasteiger partial charge on any atom is -0.495 e. The molecule has 4 rings (SSSR count). The van der Waals surface area contributed by atoms with E-state index in [0.717, 1.165) is 0 Å². The highest BCUT2D eigenvalue weighted by Gasteiger charge is 2.22. The molecule has 0 atom stereocenters. The minimum atomic E-state index is -0.471. The first kappa shape index (κ1) is 23.2. The van der Waals surface area contributed by atoms with Crippen molar-refractivity contribution in [3.8, 4) is 34.0 Å². The molecule has 34 heavy (non-hydrogen) atoms. The predicted octanol–water partition coefficient (Wildman–Crippen LogP) is 6.18. The number of rotatable bonds is 7. The second kappa shape index (κ2) is 9.90. The van der Waals surface area contributed by atoms with Crippen LogP contribution in [0.15, 0.2) is 61.1 Å². The van der Waals surface area contributed by atoms with Gasteiger partial charge in [-0.15, -0.1) is 0 Å². The number of halogens is 2. The molecule has 172 valence electrons. The number of nitro benzene ring substituents is 1. The molecule has 0 saturated carbocycles. The number of nitrogens with zero attached hydrogens (tertiary/aromatic N) is 4. The summed E-state index contributed by atoms with van der Waals surface area (Å²) in [6.07, 6.45) is 2.94. The smallest absolute Gasteiger partial charge is 0.292 e. The van der Waals surface area contributed by atoms with Crippen LogP contribution in [0.5, 0.6) is 11.5 Å². The van der Waals surface area contributed by atoms with Gasteiger partial charge in [-0.25, -0.2) is 9.97 Å². The Hall–Kier alpha value is -3.95. The van der Waals surface area contributed by atoms with Crippen LogP contribution in [0, 0.1) is 10.1 Å². The van der Waals surface area contributed by atoms with Gasteiger partial charge >= 0.3 is 0 Å². The minimum absolute atomic E-state index is 0.0803. The summed E-state index contributed by atoms with van der Waals surface area (Å²) in [5.41, 5.74) is 2.18. The largest absolute Gasteiger partial charge is 0.495 e. The van der Waals surface area contributed by atoms with Crippen molar-refractivity contribution in [1.29, 1.82) is 0 Å². The third-order valence-electron chi connectivity index (χ3n) is 4.92. The summed E-state index contributed by atoms with van der Waals surface area (Å²) in [5, 5.41) is 14.9. The van der Waals surface area contributed by atoms with E-state index in [1.54, 1.807) is 48.7 Å². The maximum absolute atomic E-state index is 11.3. The molecule has 0 unspecified atom stereocenters. The van der Waals surface area contributed by atoms with Crippen molar-refractivity contribution in [3.05, 3.63) is 81.2 Å². The first-order valence-electron chi connectivity index (χ1n) is 9.82. The van der Waals surface area contributed by atoms with Crippen LogP contribution in [-0.4, -0.2) is 34.1 Å². The first-order valence-corrected chi connectivity index (χ1v) is 10.6. The summed E-state index contributed by atoms with van der Waals surface area (Å²) in [6.45, 7) is 0. The lowest BCUT2D eigenvalue weighted by Crippen LogP contribution is -2.00. The van der Waals surface area contributed by atoms with Crippen molar-refractivity contribution in [2.75, 3.05) is 19.5 Å². The molecule has 2 heterocycles. The van der Waals surface area contributed by atoms with Crippen molar-refractivity contribution in [2.24, 2.45) is 0 Å². The number of aromatic nitrogens is 3. The number of hydrogen-bond donors (Lipinski definition) is 1. The number of benzene rings is 2. The number of nitrogens with one attached hydrogen (secondary N) is 1. The van der Waals surface area contributed by atoms with Crippen molar-refractivity contribution < 1.29 is 14.4 Å². The molecule has 1 N–H and O–H groups in total. The Balaban J connectivity index is 1.83. The van der Waals surface area contributed by atoms with Gasteiger partial charge < -0.3 is 14.8 Å². The van der Waals surface area contributed by atoms with Crippen LogP contribution in [0.3, 0.4) is 0 Å². The summed E-state index contributed by atoms with van der Waals surface area (Å²) in [6, 6.07) is 13.0. The number of nitro groups is 1. The second-order valence-electron chi connectivity index (χ2n) is 6.87. The lowest BCUT2D eigenvalue weighted by atomic mass is 10.0. The fourth-order valence-electron chi connectivity index (χ4n) is 3.36. The Labute approximate surface area is 204 Å². The lowest BCUT2D eigenvalue weighted by Gasteiger charge is -2.16. The third kappa shape index (κ3) is 4.43. The molecule has 0 aliphatic heterocycles. The van der Waals surface area contributed by atoms with Crippen molar-refractivity contribution in [2.45, 2.75) is 0 Å². The quantitative estimate of drug-likeness (QED) is 0.237. The molecule has 0 amide bonds. The van der Waals surface area contributed by atoms with Gasteiger partial charge in [0.05, 0.1) is 40.6 Å². The summed E-state index contributed by atoms with van der Waals surface area (Å²) in [4.78, 5) is 23.9. The fraction of sp³-hybridized carbons (Fsp3) is 0.0870. The van der Waals surface area contributed by atoms with E-state index >= 15 is 0 Å². The second-order valence-corrected chi connectivity index (χ2v) is 7.63. The fourth-order valence-corrected chi connectivity index (χ4v) is 4.07. The van der Waals surface area contributed by atoms with Gasteiger partial charge in [-0.3, -0.25) is 15.1 Å². The maximum Gasteiger partial charge on any atom is 0.292 e. The number of pyridine rings is 1. The van der Waals surface area contributed by atoms with Gasteiger partial charge in [-0.1, -0.05) is 41.4 Å². The monoisotopic (exact) mass is 497 g/mol. The molecule has 0 aliphatic rings. The normalized spacial score (nSPS) is 10.6. The summed E-state index contributed by atoms with van der Waals surface area (Å²) in [7, 11) is 2.99. The molecule has 0 bridgehead atoms. The van der Waals surface area contributed by atoms with Gasteiger partial charge in [0.25, 0.3) is 5.69 Å². The summed E-state index contributed by atoms with van der Waals surface area (Å²) in [5.74, 6) is 1.11. The molecule has 2 aromatic carbocycles. The van der Waals surface area contributed by atoms with Crippen LogP contribution in [0.25, 0.3) is 22.5 Å². The molecular weight excluding hydrogens is 481 g/mol. The van der Waals surface area contributed by atoms with Crippen LogP contribution in [0.1, 0.15) is 0 Å². The zero-order valence-corrected chi connectivity index (χ0v) is 19.5. The lowest BCUT2D eigenvalue weighted by molar-refractivity contribution is -0.383. The van der Waals surface area contributed by atoms with E-state index in [1.165, 1.54) is 26.6 Å².